The normalized spacial score (nSPS) is 12.0. The number of aliphatic carboxylic acids is 1. The third kappa shape index (κ3) is 11.5. The summed E-state index contributed by atoms with van der Waals surface area (Å²) in [5.74, 6) is -1.93. The number of Topliss-reactive ketones (excluding diaryl/α,β-unsaturated/α-hetero) is 1. The number of hydrogen-bond acceptors (Lipinski definition) is 6. The lowest BCUT2D eigenvalue weighted by Crippen LogP contribution is -2.45. The van der Waals surface area contributed by atoms with Crippen LogP contribution in [0.25, 0.3) is 0 Å². The fourth-order valence-electron chi connectivity index (χ4n) is 2.40. The molecule has 160 valence electrons. The van der Waals surface area contributed by atoms with Crippen LogP contribution in [0.3, 0.4) is 0 Å². The molecule has 0 spiro atoms. The van der Waals surface area contributed by atoms with E-state index in [4.69, 9.17) is 14.6 Å². The number of carbonyl (C=O) groups excluding carboxylic acids is 3. The molecule has 0 aliphatic carbocycles. The van der Waals surface area contributed by atoms with Crippen LogP contribution in [0.4, 0.5) is 4.79 Å². The van der Waals surface area contributed by atoms with E-state index >= 15 is 0 Å². The van der Waals surface area contributed by atoms with Crippen LogP contribution in [-0.4, -0.2) is 40.6 Å². The zero-order valence-electron chi connectivity index (χ0n) is 17.1. The molecular formula is C21H29NO7. The number of benzene rings is 1. The second-order valence-electron chi connectivity index (χ2n) is 7.64. The van der Waals surface area contributed by atoms with Gasteiger partial charge in [0.2, 0.25) is 0 Å². The molecule has 29 heavy (non-hydrogen) atoms. The molecule has 0 heterocycles. The standard InChI is InChI=1S/C21H29NO7/c1-21(2,3)29-20(27)22-17(13-16(23)11-7-8-12-18(24)25)19(26)28-14-15-9-5-4-6-10-15/h4-6,9-10,17H,7-8,11-14H2,1-3H3,(H,22,27)(H,24,25)/t17-/m0/s1. The highest BCUT2D eigenvalue weighted by atomic mass is 16.6. The van der Waals surface area contributed by atoms with Crippen LogP contribution in [-0.2, 0) is 30.5 Å². The third-order valence-electron chi connectivity index (χ3n) is 3.73. The monoisotopic (exact) mass is 407 g/mol. The zero-order chi connectivity index (χ0) is 21.9. The fraction of sp³-hybridized carbons (Fsp3) is 0.524. The Kier molecular flexibility index (Phi) is 9.85. The fourth-order valence-corrected chi connectivity index (χ4v) is 2.40. The minimum Gasteiger partial charge on any atom is -0.481 e. The summed E-state index contributed by atoms with van der Waals surface area (Å²) in [4.78, 5) is 47.2. The van der Waals surface area contributed by atoms with Gasteiger partial charge in [0, 0.05) is 19.3 Å². The van der Waals surface area contributed by atoms with Crippen molar-refractivity contribution in [3.63, 3.8) is 0 Å². The second-order valence-corrected chi connectivity index (χ2v) is 7.64. The van der Waals surface area contributed by atoms with Gasteiger partial charge in [-0.25, -0.2) is 9.59 Å². The smallest absolute Gasteiger partial charge is 0.408 e. The van der Waals surface area contributed by atoms with Crippen molar-refractivity contribution in [2.24, 2.45) is 0 Å². The van der Waals surface area contributed by atoms with E-state index in [1.165, 1.54) is 0 Å². The summed E-state index contributed by atoms with van der Waals surface area (Å²) in [5, 5.41) is 11.0. The lowest BCUT2D eigenvalue weighted by molar-refractivity contribution is -0.148. The van der Waals surface area contributed by atoms with Crippen molar-refractivity contribution in [3.05, 3.63) is 35.9 Å². The Morgan fingerprint density at radius 3 is 2.24 bits per heavy atom. The summed E-state index contributed by atoms with van der Waals surface area (Å²) in [5.41, 5.74) is 0.0144. The average Bonchev–Trinajstić information content (AvgIpc) is 2.62. The molecule has 0 aromatic heterocycles. The molecule has 8 nitrogen and oxygen atoms in total. The van der Waals surface area contributed by atoms with Crippen LogP contribution >= 0.6 is 0 Å². The number of hydrogen-bond donors (Lipinski definition) is 2. The Morgan fingerprint density at radius 2 is 1.66 bits per heavy atom. The number of carbonyl (C=O) groups is 4. The Balaban J connectivity index is 2.66. The maximum atomic E-state index is 12.4. The minimum atomic E-state index is -1.18. The summed E-state index contributed by atoms with van der Waals surface area (Å²) in [6, 6.07) is 7.84. The number of unbranched alkanes of at least 4 members (excludes halogenated alkanes) is 1. The Labute approximate surface area is 170 Å². The van der Waals surface area contributed by atoms with Crippen molar-refractivity contribution in [1.29, 1.82) is 0 Å². The van der Waals surface area contributed by atoms with Crippen LogP contribution < -0.4 is 5.32 Å². The number of esters is 1. The molecule has 1 atom stereocenters. The Morgan fingerprint density at radius 1 is 1.03 bits per heavy atom. The van der Waals surface area contributed by atoms with Crippen molar-refractivity contribution >= 4 is 23.8 Å². The first-order valence-corrected chi connectivity index (χ1v) is 9.50. The van der Waals surface area contributed by atoms with Crippen LogP contribution in [0.1, 0.15) is 58.4 Å². The molecule has 0 bridgehead atoms. The third-order valence-corrected chi connectivity index (χ3v) is 3.73. The van der Waals surface area contributed by atoms with Crippen LogP contribution in [0, 0.1) is 0 Å². The maximum absolute atomic E-state index is 12.4. The molecule has 0 saturated heterocycles. The van der Waals surface area contributed by atoms with Crippen LogP contribution in [0.5, 0.6) is 0 Å². The van der Waals surface area contributed by atoms with Crippen molar-refractivity contribution in [1.82, 2.24) is 5.32 Å². The lowest BCUT2D eigenvalue weighted by Gasteiger charge is -2.22. The van der Waals surface area contributed by atoms with E-state index in [1.807, 2.05) is 6.07 Å². The second kappa shape index (κ2) is 11.8. The number of carboxylic acids is 1. The highest BCUT2D eigenvalue weighted by molar-refractivity contribution is 5.89. The summed E-state index contributed by atoms with van der Waals surface area (Å²) in [7, 11) is 0. The van der Waals surface area contributed by atoms with Crippen LogP contribution in [0.2, 0.25) is 0 Å². The molecule has 1 rings (SSSR count). The van der Waals surface area contributed by atoms with Crippen molar-refractivity contribution in [2.45, 2.75) is 71.1 Å². The average molecular weight is 407 g/mol. The highest BCUT2D eigenvalue weighted by Gasteiger charge is 2.27. The quantitative estimate of drug-likeness (QED) is 0.427. The SMILES string of the molecule is CC(C)(C)OC(=O)N[C@@H](CC(=O)CCCCC(=O)O)C(=O)OCc1ccccc1. The van der Waals surface area contributed by atoms with Crippen molar-refractivity contribution < 1.29 is 33.8 Å². The topological polar surface area (TPSA) is 119 Å². The number of amides is 1. The maximum Gasteiger partial charge on any atom is 0.408 e. The Hall–Kier alpha value is -2.90. The number of rotatable bonds is 11. The first-order chi connectivity index (χ1) is 13.6. The highest BCUT2D eigenvalue weighted by Crippen LogP contribution is 2.10. The first-order valence-electron chi connectivity index (χ1n) is 9.50. The molecule has 0 fully saturated rings. The van der Waals surface area contributed by atoms with E-state index in [1.54, 1.807) is 45.0 Å². The zero-order valence-corrected chi connectivity index (χ0v) is 17.1. The van der Waals surface area contributed by atoms with Crippen LogP contribution in [0.15, 0.2) is 30.3 Å². The first kappa shape index (κ1) is 24.1. The number of ketones is 1. The van der Waals surface area contributed by atoms with Gasteiger partial charge in [-0.2, -0.15) is 0 Å². The van der Waals surface area contributed by atoms with Gasteiger partial charge in [0.15, 0.2) is 0 Å². The minimum absolute atomic E-state index is 0.0129. The summed E-state index contributed by atoms with van der Waals surface area (Å²) in [6.07, 6.45) is -0.220. The van der Waals surface area contributed by atoms with Crippen molar-refractivity contribution in [2.75, 3.05) is 0 Å². The van der Waals surface area contributed by atoms with Gasteiger partial charge in [-0.1, -0.05) is 30.3 Å². The van der Waals surface area contributed by atoms with E-state index in [-0.39, 0.29) is 31.7 Å². The molecule has 2 N–H and O–H groups in total. The predicted octanol–water partition coefficient (Wildman–Crippen LogP) is 3.23. The van der Waals surface area contributed by atoms with Gasteiger partial charge in [0.25, 0.3) is 0 Å². The molecule has 1 aromatic carbocycles. The van der Waals surface area contributed by atoms with Gasteiger partial charge in [-0.05, 0) is 39.2 Å². The predicted molar refractivity (Wildman–Crippen MR) is 105 cm³/mol. The number of carboxylic acid groups (broad SMARTS) is 1. The van der Waals surface area contributed by atoms with E-state index in [0.29, 0.717) is 12.8 Å². The number of ether oxygens (including phenoxy) is 2. The molecule has 0 saturated carbocycles. The molecule has 1 aromatic rings. The largest absolute Gasteiger partial charge is 0.481 e. The lowest BCUT2D eigenvalue weighted by atomic mass is 10.0. The van der Waals surface area contributed by atoms with Gasteiger partial charge >= 0.3 is 18.0 Å². The van der Waals surface area contributed by atoms with E-state index in [9.17, 15) is 19.2 Å². The molecule has 8 heteroatoms. The van der Waals surface area contributed by atoms with Gasteiger partial charge in [0.1, 0.15) is 24.0 Å². The number of nitrogens with one attached hydrogen (secondary N) is 1. The summed E-state index contributed by atoms with van der Waals surface area (Å²) >= 11 is 0. The van der Waals surface area contributed by atoms with Gasteiger partial charge in [-0.3, -0.25) is 9.59 Å². The molecule has 0 unspecified atom stereocenters. The van der Waals surface area contributed by atoms with Gasteiger partial charge in [0.05, 0.1) is 0 Å². The summed E-state index contributed by atoms with van der Waals surface area (Å²) in [6.45, 7) is 5.06. The van der Waals surface area contributed by atoms with Gasteiger partial charge in [-0.15, -0.1) is 0 Å². The van der Waals surface area contributed by atoms with Crippen molar-refractivity contribution in [3.8, 4) is 0 Å². The van der Waals surface area contributed by atoms with E-state index < -0.39 is 29.7 Å². The molecule has 1 amide bonds. The van der Waals surface area contributed by atoms with E-state index in [0.717, 1.165) is 5.56 Å². The molecule has 0 radical (unpaired) electrons. The Bertz CT molecular complexity index is 695. The van der Waals surface area contributed by atoms with E-state index in [2.05, 4.69) is 5.32 Å². The molecule has 0 aliphatic rings. The molecular weight excluding hydrogens is 378 g/mol. The molecule has 0 aliphatic heterocycles. The summed E-state index contributed by atoms with van der Waals surface area (Å²) < 4.78 is 10.4. The van der Waals surface area contributed by atoms with Gasteiger partial charge < -0.3 is 19.9 Å². The number of alkyl carbamates (subject to hydrolysis) is 1.